The lowest BCUT2D eigenvalue weighted by Crippen LogP contribution is -2.32. The van der Waals surface area contributed by atoms with Crippen molar-refractivity contribution in [1.82, 2.24) is 25.2 Å². The summed E-state index contributed by atoms with van der Waals surface area (Å²) in [6, 6.07) is 19.7. The van der Waals surface area contributed by atoms with Gasteiger partial charge in [0.05, 0.1) is 12.3 Å². The Morgan fingerprint density at radius 3 is 2.72 bits per heavy atom. The first kappa shape index (κ1) is 18.6. The van der Waals surface area contributed by atoms with Crippen LogP contribution in [0.1, 0.15) is 35.8 Å². The van der Waals surface area contributed by atoms with Crippen LogP contribution in [0.3, 0.4) is 0 Å². The molecular weight excluding hydrogens is 404 g/mol. The first-order valence-corrected chi connectivity index (χ1v) is 10.5. The minimum absolute atomic E-state index is 0.269. The van der Waals surface area contributed by atoms with Crippen LogP contribution in [-0.2, 0) is 0 Å². The Hall–Kier alpha value is -4.20. The summed E-state index contributed by atoms with van der Waals surface area (Å²) in [4.78, 5) is 4.35. The van der Waals surface area contributed by atoms with Gasteiger partial charge in [-0.3, -0.25) is 4.98 Å². The van der Waals surface area contributed by atoms with Gasteiger partial charge < -0.3 is 14.8 Å². The molecule has 0 bridgehead atoms. The van der Waals surface area contributed by atoms with Crippen molar-refractivity contribution in [2.24, 2.45) is 0 Å². The van der Waals surface area contributed by atoms with E-state index in [1.165, 1.54) is 0 Å². The number of para-hydroxylation sites is 1. The fourth-order valence-electron chi connectivity index (χ4n) is 4.38. The van der Waals surface area contributed by atoms with E-state index in [2.05, 4.69) is 25.8 Å². The summed E-state index contributed by atoms with van der Waals surface area (Å²) in [5.74, 6) is 2.22. The lowest BCUT2D eigenvalue weighted by atomic mass is 9.85. The predicted octanol–water partition coefficient (Wildman–Crippen LogP) is 4.03. The molecule has 158 valence electrons. The number of nitrogens with zero attached hydrogens (tertiary/aromatic N) is 5. The lowest BCUT2D eigenvalue weighted by Gasteiger charge is -2.38. The summed E-state index contributed by atoms with van der Waals surface area (Å²) in [6.07, 6.45) is 3.27. The number of nitrogens with one attached hydrogen (secondary N) is 1. The second-order valence-corrected chi connectivity index (χ2v) is 7.59. The fourth-order valence-corrected chi connectivity index (χ4v) is 4.38. The second kappa shape index (κ2) is 7.49. The molecule has 2 aromatic heterocycles. The van der Waals surface area contributed by atoms with Crippen LogP contribution in [0.4, 0.5) is 5.95 Å². The van der Waals surface area contributed by atoms with Gasteiger partial charge in [0.25, 0.3) is 0 Å². The number of aromatic nitrogens is 5. The smallest absolute Gasteiger partial charge is 0.248 e. The molecular formula is C24H20N6O2. The van der Waals surface area contributed by atoms with E-state index in [1.54, 1.807) is 10.9 Å². The SMILES string of the molecule is CCOc1ccc(C2Oc3ccccc3C3=C2C(c2cccnc2)n2nnnc2N3)cc1. The highest BCUT2D eigenvalue weighted by Gasteiger charge is 2.41. The predicted molar refractivity (Wildman–Crippen MR) is 118 cm³/mol. The van der Waals surface area contributed by atoms with Crippen molar-refractivity contribution in [1.29, 1.82) is 0 Å². The Bertz CT molecular complexity index is 1300. The van der Waals surface area contributed by atoms with E-state index in [4.69, 9.17) is 9.47 Å². The first-order valence-electron chi connectivity index (χ1n) is 10.5. The molecule has 0 saturated heterocycles. The van der Waals surface area contributed by atoms with Crippen molar-refractivity contribution in [3.05, 3.63) is 95.3 Å². The standard InChI is InChI=1S/C24H20N6O2/c1-2-31-17-11-9-15(10-12-17)23-20-21(18-7-3-4-8-19(18)32-23)26-24-27-28-29-30(24)22(20)16-6-5-13-25-14-16/h3-14,22-23H,2H2,1H3,(H,26,27,29). The van der Waals surface area contributed by atoms with E-state index < -0.39 is 0 Å². The fraction of sp³-hybridized carbons (Fsp3) is 0.167. The molecule has 32 heavy (non-hydrogen) atoms. The number of benzene rings is 2. The topological polar surface area (TPSA) is 87.0 Å². The van der Waals surface area contributed by atoms with Crippen LogP contribution in [0, 0.1) is 0 Å². The van der Waals surface area contributed by atoms with Crippen molar-refractivity contribution in [3.63, 3.8) is 0 Å². The molecule has 2 aromatic carbocycles. The average molecular weight is 424 g/mol. The van der Waals surface area contributed by atoms with E-state index >= 15 is 0 Å². The Morgan fingerprint density at radius 1 is 1.03 bits per heavy atom. The normalized spacial score (nSPS) is 18.7. The largest absolute Gasteiger partial charge is 0.494 e. The van der Waals surface area contributed by atoms with Crippen LogP contribution in [0.2, 0.25) is 0 Å². The molecule has 0 amide bonds. The maximum Gasteiger partial charge on any atom is 0.248 e. The molecule has 2 aliphatic rings. The van der Waals surface area contributed by atoms with Crippen LogP contribution in [0.5, 0.6) is 11.5 Å². The zero-order valence-corrected chi connectivity index (χ0v) is 17.3. The van der Waals surface area contributed by atoms with Crippen LogP contribution in [0.25, 0.3) is 5.70 Å². The van der Waals surface area contributed by atoms with E-state index in [1.807, 2.05) is 73.8 Å². The van der Waals surface area contributed by atoms with Crippen LogP contribution < -0.4 is 14.8 Å². The summed E-state index contributed by atoms with van der Waals surface area (Å²) < 4.78 is 14.0. The Morgan fingerprint density at radius 2 is 1.91 bits per heavy atom. The quantitative estimate of drug-likeness (QED) is 0.529. The van der Waals surface area contributed by atoms with E-state index in [9.17, 15) is 0 Å². The molecule has 0 saturated carbocycles. The molecule has 1 N–H and O–H groups in total. The third kappa shape index (κ3) is 2.91. The first-order chi connectivity index (χ1) is 15.8. The van der Waals surface area contributed by atoms with Crippen LogP contribution >= 0.6 is 0 Å². The van der Waals surface area contributed by atoms with E-state index in [0.29, 0.717) is 12.6 Å². The number of pyridine rings is 1. The summed E-state index contributed by atoms with van der Waals surface area (Å²) >= 11 is 0. The molecule has 2 atom stereocenters. The molecule has 0 spiro atoms. The van der Waals surface area contributed by atoms with Crippen molar-refractivity contribution >= 4 is 11.6 Å². The zero-order chi connectivity index (χ0) is 21.5. The Balaban J connectivity index is 1.57. The highest BCUT2D eigenvalue weighted by Crippen LogP contribution is 2.50. The van der Waals surface area contributed by atoms with Gasteiger partial charge in [0, 0.05) is 23.5 Å². The number of ether oxygens (including phenoxy) is 2. The van der Waals surface area contributed by atoms with Gasteiger partial charge in [-0.1, -0.05) is 35.4 Å². The minimum atomic E-state index is -0.342. The molecule has 2 aliphatic heterocycles. The molecule has 0 fully saturated rings. The molecule has 4 aromatic rings. The third-order valence-corrected chi connectivity index (χ3v) is 5.74. The molecule has 6 rings (SSSR count). The van der Waals surface area contributed by atoms with E-state index in [0.717, 1.165) is 39.5 Å². The highest BCUT2D eigenvalue weighted by atomic mass is 16.5. The molecule has 8 nitrogen and oxygen atoms in total. The van der Waals surface area contributed by atoms with Crippen molar-refractivity contribution < 1.29 is 9.47 Å². The second-order valence-electron chi connectivity index (χ2n) is 7.59. The molecule has 0 radical (unpaired) electrons. The van der Waals surface area contributed by atoms with Gasteiger partial charge in [-0.15, -0.1) is 0 Å². The van der Waals surface area contributed by atoms with Gasteiger partial charge in [-0.05, 0) is 58.8 Å². The maximum absolute atomic E-state index is 6.59. The number of hydrogen-bond acceptors (Lipinski definition) is 7. The molecule has 2 unspecified atom stereocenters. The van der Waals surface area contributed by atoms with Crippen molar-refractivity contribution in [3.8, 4) is 11.5 Å². The lowest BCUT2D eigenvalue weighted by molar-refractivity contribution is 0.222. The number of hydrogen-bond donors (Lipinski definition) is 1. The van der Waals surface area contributed by atoms with Gasteiger partial charge in [0.15, 0.2) is 0 Å². The third-order valence-electron chi connectivity index (χ3n) is 5.74. The van der Waals surface area contributed by atoms with Crippen molar-refractivity contribution in [2.45, 2.75) is 19.1 Å². The summed E-state index contributed by atoms with van der Waals surface area (Å²) in [6.45, 7) is 2.60. The molecule has 4 heterocycles. The molecule has 8 heteroatoms. The maximum atomic E-state index is 6.59. The van der Waals surface area contributed by atoms with Gasteiger partial charge in [-0.25, -0.2) is 0 Å². The van der Waals surface area contributed by atoms with Gasteiger partial charge in [0.2, 0.25) is 5.95 Å². The number of anilines is 1. The van der Waals surface area contributed by atoms with Crippen molar-refractivity contribution in [2.75, 3.05) is 11.9 Å². The van der Waals surface area contributed by atoms with Gasteiger partial charge >= 0.3 is 0 Å². The molecule has 0 aliphatic carbocycles. The zero-order valence-electron chi connectivity index (χ0n) is 17.3. The van der Waals surface area contributed by atoms with Crippen LogP contribution in [-0.4, -0.2) is 31.8 Å². The summed E-state index contributed by atoms with van der Waals surface area (Å²) in [5.41, 5.74) is 4.96. The Labute approximate surface area is 184 Å². The van der Waals surface area contributed by atoms with E-state index in [-0.39, 0.29) is 12.1 Å². The monoisotopic (exact) mass is 424 g/mol. The summed E-state index contributed by atoms with van der Waals surface area (Å²) in [7, 11) is 0. The average Bonchev–Trinajstić information content (AvgIpc) is 3.32. The number of rotatable bonds is 4. The number of fused-ring (bicyclic) bond motifs is 3. The Kier molecular flexibility index (Phi) is 4.34. The number of tetrazole rings is 1. The van der Waals surface area contributed by atoms with Gasteiger partial charge in [0.1, 0.15) is 23.6 Å². The van der Waals surface area contributed by atoms with Crippen LogP contribution in [0.15, 0.2) is 78.6 Å². The van der Waals surface area contributed by atoms with Gasteiger partial charge in [-0.2, -0.15) is 4.68 Å². The summed E-state index contributed by atoms with van der Waals surface area (Å²) in [5, 5.41) is 15.9. The highest BCUT2D eigenvalue weighted by molar-refractivity contribution is 5.85. The minimum Gasteiger partial charge on any atom is -0.494 e.